The standard InChI is InChI=1S/C18H21N.ClH/c1-13-5-6-17(12-14(13)2)15-7-9-16(10-8-15)18-4-3-11-19-18;/h5-10,12,18-19H,3-4,11H2,1-2H3;1H. The molecule has 106 valence electrons. The van der Waals surface area contributed by atoms with E-state index in [1.807, 2.05) is 0 Å². The third-order valence-electron chi connectivity index (χ3n) is 4.21. The van der Waals surface area contributed by atoms with Crippen LogP contribution in [0.4, 0.5) is 0 Å². The molecule has 0 saturated carbocycles. The van der Waals surface area contributed by atoms with Crippen LogP contribution in [0.2, 0.25) is 0 Å². The summed E-state index contributed by atoms with van der Waals surface area (Å²) in [5, 5.41) is 3.55. The fourth-order valence-electron chi connectivity index (χ4n) is 2.80. The van der Waals surface area contributed by atoms with Crippen molar-refractivity contribution in [3.8, 4) is 11.1 Å². The lowest BCUT2D eigenvalue weighted by atomic mass is 9.98. The average Bonchev–Trinajstić information content (AvgIpc) is 2.96. The molecule has 1 aliphatic rings. The Hall–Kier alpha value is -1.31. The molecule has 1 aliphatic heterocycles. The average molecular weight is 288 g/mol. The predicted molar refractivity (Wildman–Crippen MR) is 88.6 cm³/mol. The second-order valence-electron chi connectivity index (χ2n) is 5.57. The Bertz CT molecular complexity index is 568. The van der Waals surface area contributed by atoms with Crippen molar-refractivity contribution in [3.63, 3.8) is 0 Å². The van der Waals surface area contributed by atoms with Gasteiger partial charge in [-0.05, 0) is 61.1 Å². The van der Waals surface area contributed by atoms with Crippen molar-refractivity contribution < 1.29 is 0 Å². The van der Waals surface area contributed by atoms with Gasteiger partial charge in [0.25, 0.3) is 0 Å². The molecule has 1 N–H and O–H groups in total. The first-order valence-electron chi connectivity index (χ1n) is 7.15. The van der Waals surface area contributed by atoms with E-state index >= 15 is 0 Å². The molecule has 0 aromatic heterocycles. The summed E-state index contributed by atoms with van der Waals surface area (Å²) < 4.78 is 0. The third kappa shape index (κ3) is 3.05. The van der Waals surface area contributed by atoms with Gasteiger partial charge in [0.2, 0.25) is 0 Å². The first kappa shape index (κ1) is 15.1. The van der Waals surface area contributed by atoms with Crippen LogP contribution in [-0.4, -0.2) is 6.54 Å². The number of benzene rings is 2. The van der Waals surface area contributed by atoms with E-state index < -0.39 is 0 Å². The van der Waals surface area contributed by atoms with E-state index in [-0.39, 0.29) is 12.4 Å². The highest BCUT2D eigenvalue weighted by Crippen LogP contribution is 2.27. The van der Waals surface area contributed by atoms with Gasteiger partial charge in [0.05, 0.1) is 0 Å². The molecule has 2 heteroatoms. The molecule has 1 saturated heterocycles. The molecule has 20 heavy (non-hydrogen) atoms. The van der Waals surface area contributed by atoms with E-state index in [1.54, 1.807) is 0 Å². The molecular formula is C18H22ClN. The van der Waals surface area contributed by atoms with Crippen molar-refractivity contribution >= 4 is 12.4 Å². The number of hydrogen-bond donors (Lipinski definition) is 1. The van der Waals surface area contributed by atoms with Crippen LogP contribution in [-0.2, 0) is 0 Å². The molecule has 0 aliphatic carbocycles. The van der Waals surface area contributed by atoms with Crippen LogP contribution in [0.15, 0.2) is 42.5 Å². The zero-order valence-electron chi connectivity index (χ0n) is 12.1. The van der Waals surface area contributed by atoms with Crippen molar-refractivity contribution in [1.82, 2.24) is 5.32 Å². The van der Waals surface area contributed by atoms with E-state index in [4.69, 9.17) is 0 Å². The molecule has 3 rings (SSSR count). The van der Waals surface area contributed by atoms with E-state index in [9.17, 15) is 0 Å². The summed E-state index contributed by atoms with van der Waals surface area (Å²) in [4.78, 5) is 0. The van der Waals surface area contributed by atoms with E-state index in [0.29, 0.717) is 6.04 Å². The van der Waals surface area contributed by atoms with Gasteiger partial charge in [-0.1, -0.05) is 42.5 Å². The SMILES string of the molecule is Cc1ccc(-c2ccc(C3CCCN3)cc2)cc1C.Cl. The fraction of sp³-hybridized carbons (Fsp3) is 0.333. The lowest BCUT2D eigenvalue weighted by molar-refractivity contribution is 0.648. The zero-order chi connectivity index (χ0) is 13.2. The minimum Gasteiger partial charge on any atom is -0.310 e. The van der Waals surface area contributed by atoms with Gasteiger partial charge >= 0.3 is 0 Å². The Kier molecular flexibility index (Phi) is 4.85. The first-order valence-corrected chi connectivity index (χ1v) is 7.15. The van der Waals surface area contributed by atoms with Crippen LogP contribution in [0.1, 0.15) is 35.6 Å². The highest BCUT2D eigenvalue weighted by atomic mass is 35.5. The summed E-state index contributed by atoms with van der Waals surface area (Å²) in [5.41, 5.74) is 6.76. The maximum atomic E-state index is 3.55. The molecule has 0 spiro atoms. The summed E-state index contributed by atoms with van der Waals surface area (Å²) in [6.45, 7) is 5.49. The largest absolute Gasteiger partial charge is 0.310 e. The molecule has 0 amide bonds. The second kappa shape index (κ2) is 6.43. The van der Waals surface area contributed by atoms with Crippen molar-refractivity contribution in [2.75, 3.05) is 6.54 Å². The molecule has 1 heterocycles. The van der Waals surface area contributed by atoms with Crippen LogP contribution in [0.3, 0.4) is 0 Å². The van der Waals surface area contributed by atoms with Crippen LogP contribution in [0.25, 0.3) is 11.1 Å². The van der Waals surface area contributed by atoms with Crippen molar-refractivity contribution in [3.05, 3.63) is 59.2 Å². The third-order valence-corrected chi connectivity index (χ3v) is 4.21. The Morgan fingerprint density at radius 3 is 2.20 bits per heavy atom. The topological polar surface area (TPSA) is 12.0 Å². The monoisotopic (exact) mass is 287 g/mol. The van der Waals surface area contributed by atoms with Gasteiger partial charge < -0.3 is 5.32 Å². The molecule has 0 radical (unpaired) electrons. The van der Waals surface area contributed by atoms with Gasteiger partial charge in [0.15, 0.2) is 0 Å². The number of aryl methyl sites for hydroxylation is 2. The molecule has 2 aromatic rings. The highest BCUT2D eigenvalue weighted by Gasteiger charge is 2.15. The molecule has 1 atom stereocenters. The van der Waals surface area contributed by atoms with Gasteiger partial charge in [0, 0.05) is 6.04 Å². The second-order valence-corrected chi connectivity index (χ2v) is 5.57. The summed E-state index contributed by atoms with van der Waals surface area (Å²) in [5.74, 6) is 0. The van der Waals surface area contributed by atoms with Crippen LogP contribution < -0.4 is 5.32 Å². The van der Waals surface area contributed by atoms with Crippen molar-refractivity contribution in [2.45, 2.75) is 32.7 Å². The Morgan fingerprint density at radius 1 is 0.900 bits per heavy atom. The molecule has 2 aromatic carbocycles. The Morgan fingerprint density at radius 2 is 1.60 bits per heavy atom. The van der Waals surface area contributed by atoms with Crippen LogP contribution in [0, 0.1) is 13.8 Å². The summed E-state index contributed by atoms with van der Waals surface area (Å²) in [7, 11) is 0. The molecular weight excluding hydrogens is 266 g/mol. The molecule has 0 bridgehead atoms. The Balaban J connectivity index is 0.00000147. The Labute approximate surface area is 127 Å². The van der Waals surface area contributed by atoms with Gasteiger partial charge in [-0.25, -0.2) is 0 Å². The highest BCUT2D eigenvalue weighted by molar-refractivity contribution is 5.85. The van der Waals surface area contributed by atoms with Gasteiger partial charge in [-0.2, -0.15) is 0 Å². The summed E-state index contributed by atoms with van der Waals surface area (Å²) >= 11 is 0. The maximum Gasteiger partial charge on any atom is 0.0320 e. The van der Waals surface area contributed by atoms with Gasteiger partial charge in [0.1, 0.15) is 0 Å². The summed E-state index contributed by atoms with van der Waals surface area (Å²) in [6, 6.07) is 16.3. The minimum absolute atomic E-state index is 0. The molecule has 1 unspecified atom stereocenters. The van der Waals surface area contributed by atoms with Crippen LogP contribution in [0.5, 0.6) is 0 Å². The number of nitrogens with one attached hydrogen (secondary N) is 1. The van der Waals surface area contributed by atoms with Gasteiger partial charge in [-0.15, -0.1) is 12.4 Å². The predicted octanol–water partition coefficient (Wildman–Crippen LogP) is 4.82. The first-order chi connectivity index (χ1) is 9.24. The van der Waals surface area contributed by atoms with E-state index in [0.717, 1.165) is 6.54 Å². The zero-order valence-corrected chi connectivity index (χ0v) is 13.0. The lowest BCUT2D eigenvalue weighted by Gasteiger charge is -2.12. The number of rotatable bonds is 2. The van der Waals surface area contributed by atoms with Gasteiger partial charge in [-0.3, -0.25) is 0 Å². The lowest BCUT2D eigenvalue weighted by Crippen LogP contribution is -2.12. The number of halogens is 1. The quantitative estimate of drug-likeness (QED) is 0.835. The van der Waals surface area contributed by atoms with E-state index in [2.05, 4.69) is 61.6 Å². The van der Waals surface area contributed by atoms with Crippen LogP contribution >= 0.6 is 12.4 Å². The van der Waals surface area contributed by atoms with Crippen molar-refractivity contribution in [2.24, 2.45) is 0 Å². The minimum atomic E-state index is 0. The fourth-order valence-corrected chi connectivity index (χ4v) is 2.80. The molecule has 1 fully saturated rings. The smallest absolute Gasteiger partial charge is 0.0320 e. The van der Waals surface area contributed by atoms with E-state index in [1.165, 1.54) is 40.7 Å². The molecule has 1 nitrogen and oxygen atoms in total. The number of hydrogen-bond acceptors (Lipinski definition) is 1. The maximum absolute atomic E-state index is 3.55. The normalized spacial score (nSPS) is 17.8. The summed E-state index contributed by atoms with van der Waals surface area (Å²) in [6.07, 6.45) is 2.56. The van der Waals surface area contributed by atoms with Crippen molar-refractivity contribution in [1.29, 1.82) is 0 Å².